The Hall–Kier alpha value is -1.82. The highest BCUT2D eigenvalue weighted by Gasteiger charge is 2.23. The number of amides is 1. The lowest BCUT2D eigenvalue weighted by molar-refractivity contribution is 0.0732. The van der Waals surface area contributed by atoms with Crippen molar-refractivity contribution in [1.82, 2.24) is 14.7 Å². The van der Waals surface area contributed by atoms with Crippen LogP contribution in [0, 0.1) is 0 Å². The number of hydrogen-bond acceptors (Lipinski definition) is 4. The number of thiophene rings is 1. The summed E-state index contributed by atoms with van der Waals surface area (Å²) < 4.78 is 1.64. The largest absolute Gasteiger partial charge is 0.396 e. The maximum Gasteiger partial charge on any atom is 0.274 e. The molecule has 0 aromatic carbocycles. The summed E-state index contributed by atoms with van der Waals surface area (Å²) in [6.45, 7) is 4.62. The third-order valence-electron chi connectivity index (χ3n) is 3.43. The van der Waals surface area contributed by atoms with Gasteiger partial charge in [0.15, 0.2) is 0 Å². The van der Waals surface area contributed by atoms with E-state index in [9.17, 15) is 4.79 Å². The van der Waals surface area contributed by atoms with Crippen LogP contribution in [-0.4, -0.2) is 33.7 Å². The SMILES string of the molecule is CCn1ncc(N)c1C(=O)N(C)C(C)Cc1cccs1. The molecule has 2 heterocycles. The zero-order chi connectivity index (χ0) is 14.7. The monoisotopic (exact) mass is 292 g/mol. The fraction of sp³-hybridized carbons (Fsp3) is 0.429. The van der Waals surface area contributed by atoms with Gasteiger partial charge in [0.05, 0.1) is 11.9 Å². The minimum absolute atomic E-state index is 0.0779. The molecule has 2 N–H and O–H groups in total. The van der Waals surface area contributed by atoms with Gasteiger partial charge in [-0.05, 0) is 25.3 Å². The van der Waals surface area contributed by atoms with E-state index >= 15 is 0 Å². The van der Waals surface area contributed by atoms with Gasteiger partial charge in [0.25, 0.3) is 5.91 Å². The first-order valence-corrected chi connectivity index (χ1v) is 7.53. The number of rotatable bonds is 5. The quantitative estimate of drug-likeness (QED) is 0.919. The van der Waals surface area contributed by atoms with Crippen LogP contribution in [0.15, 0.2) is 23.7 Å². The first-order chi connectivity index (χ1) is 9.54. The molecule has 1 amide bonds. The van der Waals surface area contributed by atoms with Crippen molar-refractivity contribution in [2.75, 3.05) is 12.8 Å². The van der Waals surface area contributed by atoms with E-state index in [0.29, 0.717) is 17.9 Å². The number of aryl methyl sites for hydroxylation is 1. The molecule has 0 aliphatic heterocycles. The summed E-state index contributed by atoms with van der Waals surface area (Å²) in [7, 11) is 1.81. The lowest BCUT2D eigenvalue weighted by Crippen LogP contribution is -2.37. The molecule has 0 fully saturated rings. The summed E-state index contributed by atoms with van der Waals surface area (Å²) in [5, 5.41) is 6.17. The number of nitrogen functional groups attached to an aromatic ring is 1. The topological polar surface area (TPSA) is 64.2 Å². The fourth-order valence-corrected chi connectivity index (χ4v) is 2.92. The molecule has 0 aliphatic carbocycles. The standard InChI is InChI=1S/C14H20N4OS/c1-4-18-13(12(15)9-16-18)14(19)17(3)10(2)8-11-6-5-7-20-11/h5-7,9-10H,4,8,15H2,1-3H3. The van der Waals surface area contributed by atoms with Crippen LogP contribution in [0.4, 0.5) is 5.69 Å². The number of anilines is 1. The predicted octanol–water partition coefficient (Wildman–Crippen LogP) is 2.25. The normalized spacial score (nSPS) is 12.3. The second-order valence-corrected chi connectivity index (χ2v) is 5.85. The Bertz CT molecular complexity index is 576. The molecule has 5 nitrogen and oxygen atoms in total. The van der Waals surface area contributed by atoms with E-state index in [1.807, 2.05) is 32.3 Å². The minimum Gasteiger partial charge on any atom is -0.396 e. The minimum atomic E-state index is -0.0779. The van der Waals surface area contributed by atoms with Crippen molar-refractivity contribution in [1.29, 1.82) is 0 Å². The van der Waals surface area contributed by atoms with Gasteiger partial charge in [0.1, 0.15) is 5.69 Å². The summed E-state index contributed by atoms with van der Waals surface area (Å²) in [5.41, 5.74) is 6.78. The molecule has 108 valence electrons. The molecule has 1 atom stereocenters. The van der Waals surface area contributed by atoms with Crippen LogP contribution in [0.2, 0.25) is 0 Å². The van der Waals surface area contributed by atoms with Crippen LogP contribution in [0.5, 0.6) is 0 Å². The van der Waals surface area contributed by atoms with Crippen LogP contribution in [-0.2, 0) is 13.0 Å². The third-order valence-corrected chi connectivity index (χ3v) is 4.33. The summed E-state index contributed by atoms with van der Waals surface area (Å²) in [5.74, 6) is -0.0779. The van der Waals surface area contributed by atoms with Gasteiger partial charge in [-0.15, -0.1) is 11.3 Å². The molecular weight excluding hydrogens is 272 g/mol. The highest BCUT2D eigenvalue weighted by atomic mass is 32.1. The highest BCUT2D eigenvalue weighted by molar-refractivity contribution is 7.09. The van der Waals surface area contributed by atoms with E-state index < -0.39 is 0 Å². The van der Waals surface area contributed by atoms with Gasteiger partial charge < -0.3 is 10.6 Å². The second-order valence-electron chi connectivity index (χ2n) is 4.81. The Kier molecular flexibility index (Phi) is 4.44. The summed E-state index contributed by atoms with van der Waals surface area (Å²) in [6, 6.07) is 4.23. The van der Waals surface area contributed by atoms with Gasteiger partial charge in [0.2, 0.25) is 0 Å². The number of aromatic nitrogens is 2. The van der Waals surface area contributed by atoms with E-state index in [2.05, 4.69) is 11.2 Å². The van der Waals surface area contributed by atoms with Gasteiger partial charge in [-0.3, -0.25) is 9.48 Å². The van der Waals surface area contributed by atoms with Crippen LogP contribution in [0.25, 0.3) is 0 Å². The van der Waals surface area contributed by atoms with E-state index in [1.54, 1.807) is 20.9 Å². The number of nitrogens with zero attached hydrogens (tertiary/aromatic N) is 3. The molecule has 0 saturated heterocycles. The molecule has 0 saturated carbocycles. The van der Waals surface area contributed by atoms with Crippen molar-refractivity contribution in [3.8, 4) is 0 Å². The van der Waals surface area contributed by atoms with Crippen LogP contribution >= 0.6 is 11.3 Å². The van der Waals surface area contributed by atoms with E-state index in [4.69, 9.17) is 5.73 Å². The molecule has 2 aromatic rings. The third kappa shape index (κ3) is 2.85. The summed E-state index contributed by atoms with van der Waals surface area (Å²) in [4.78, 5) is 15.6. The van der Waals surface area contributed by atoms with Crippen molar-refractivity contribution in [3.63, 3.8) is 0 Å². The predicted molar refractivity (Wildman–Crippen MR) is 81.9 cm³/mol. The van der Waals surface area contributed by atoms with Crippen LogP contribution in [0.3, 0.4) is 0 Å². The Morgan fingerprint density at radius 3 is 2.95 bits per heavy atom. The van der Waals surface area contributed by atoms with Crippen LogP contribution in [0.1, 0.15) is 29.2 Å². The van der Waals surface area contributed by atoms with Crippen molar-refractivity contribution < 1.29 is 4.79 Å². The summed E-state index contributed by atoms with van der Waals surface area (Å²) in [6.07, 6.45) is 2.38. The second kappa shape index (κ2) is 6.09. The Labute approximate surface area is 123 Å². The van der Waals surface area contributed by atoms with E-state index in [1.165, 1.54) is 11.1 Å². The molecular formula is C14H20N4OS. The van der Waals surface area contributed by atoms with E-state index in [-0.39, 0.29) is 11.9 Å². The van der Waals surface area contributed by atoms with Gasteiger partial charge >= 0.3 is 0 Å². The van der Waals surface area contributed by atoms with Gasteiger partial charge in [0, 0.05) is 30.9 Å². The molecule has 2 rings (SSSR count). The molecule has 2 aromatic heterocycles. The van der Waals surface area contributed by atoms with Gasteiger partial charge in [-0.25, -0.2) is 0 Å². The number of hydrogen-bond donors (Lipinski definition) is 1. The molecule has 20 heavy (non-hydrogen) atoms. The number of carbonyl (C=O) groups is 1. The Morgan fingerprint density at radius 2 is 2.35 bits per heavy atom. The molecule has 0 bridgehead atoms. The zero-order valence-corrected chi connectivity index (χ0v) is 12.9. The van der Waals surface area contributed by atoms with Crippen molar-refractivity contribution in [2.45, 2.75) is 32.9 Å². The molecule has 0 aliphatic rings. The van der Waals surface area contributed by atoms with Gasteiger partial charge in [-0.1, -0.05) is 6.07 Å². The lowest BCUT2D eigenvalue weighted by Gasteiger charge is -2.25. The average Bonchev–Trinajstić information content (AvgIpc) is 3.06. The molecule has 6 heteroatoms. The fourth-order valence-electron chi connectivity index (χ4n) is 2.10. The average molecular weight is 292 g/mol. The smallest absolute Gasteiger partial charge is 0.274 e. The van der Waals surface area contributed by atoms with Crippen LogP contribution < -0.4 is 5.73 Å². The van der Waals surface area contributed by atoms with Crippen molar-refractivity contribution >= 4 is 22.9 Å². The Morgan fingerprint density at radius 1 is 1.60 bits per heavy atom. The van der Waals surface area contributed by atoms with E-state index in [0.717, 1.165) is 6.42 Å². The number of likely N-dealkylation sites (N-methyl/N-ethyl adjacent to an activating group) is 1. The Balaban J connectivity index is 2.13. The van der Waals surface area contributed by atoms with Crippen molar-refractivity contribution in [2.24, 2.45) is 0 Å². The number of carbonyl (C=O) groups excluding carboxylic acids is 1. The lowest BCUT2D eigenvalue weighted by atomic mass is 10.1. The molecule has 1 unspecified atom stereocenters. The van der Waals surface area contributed by atoms with Gasteiger partial charge in [-0.2, -0.15) is 5.10 Å². The van der Waals surface area contributed by atoms with Crippen molar-refractivity contribution in [3.05, 3.63) is 34.3 Å². The number of nitrogens with two attached hydrogens (primary N) is 1. The molecule has 0 spiro atoms. The summed E-state index contributed by atoms with van der Waals surface area (Å²) >= 11 is 1.71. The maximum atomic E-state index is 12.6. The first kappa shape index (κ1) is 14.6. The zero-order valence-electron chi connectivity index (χ0n) is 12.0. The maximum absolute atomic E-state index is 12.6. The highest BCUT2D eigenvalue weighted by Crippen LogP contribution is 2.18. The molecule has 0 radical (unpaired) electrons. The first-order valence-electron chi connectivity index (χ1n) is 6.65.